The van der Waals surface area contributed by atoms with Crippen molar-refractivity contribution in [2.24, 2.45) is 0 Å². The SMILES string of the molecule is C=CCN(CCCc1ccccc1)CCC(=O)O. The van der Waals surface area contributed by atoms with E-state index in [2.05, 4.69) is 23.6 Å². The maximum absolute atomic E-state index is 10.6. The van der Waals surface area contributed by atoms with Crippen molar-refractivity contribution in [1.82, 2.24) is 4.90 Å². The molecule has 0 aromatic heterocycles. The number of carboxylic acids is 1. The monoisotopic (exact) mass is 247 g/mol. The topological polar surface area (TPSA) is 40.5 Å². The second kappa shape index (κ2) is 8.48. The highest BCUT2D eigenvalue weighted by atomic mass is 16.4. The summed E-state index contributed by atoms with van der Waals surface area (Å²) in [7, 11) is 0. The minimum absolute atomic E-state index is 0.194. The summed E-state index contributed by atoms with van der Waals surface area (Å²) in [6.45, 7) is 5.96. The standard InChI is InChI=1S/C15H21NO2/c1-2-11-16(13-10-15(17)18)12-6-9-14-7-4-3-5-8-14/h2-5,7-8H,1,6,9-13H2,(H,17,18). The lowest BCUT2D eigenvalue weighted by molar-refractivity contribution is -0.137. The van der Waals surface area contributed by atoms with Gasteiger partial charge in [-0.05, 0) is 24.9 Å². The quantitative estimate of drug-likeness (QED) is 0.682. The molecule has 0 unspecified atom stereocenters. The average molecular weight is 247 g/mol. The van der Waals surface area contributed by atoms with Gasteiger partial charge in [-0.3, -0.25) is 9.69 Å². The number of rotatable bonds is 9. The minimum atomic E-state index is -0.743. The highest BCUT2D eigenvalue weighted by Crippen LogP contribution is 2.04. The number of aryl methyl sites for hydroxylation is 1. The molecular formula is C15H21NO2. The number of hydrogen-bond acceptors (Lipinski definition) is 2. The molecular weight excluding hydrogens is 226 g/mol. The lowest BCUT2D eigenvalue weighted by atomic mass is 10.1. The molecule has 1 N–H and O–H groups in total. The third kappa shape index (κ3) is 6.21. The molecule has 0 amide bonds. The fourth-order valence-electron chi connectivity index (χ4n) is 1.88. The number of hydrogen-bond donors (Lipinski definition) is 1. The molecule has 3 heteroatoms. The van der Waals surface area contributed by atoms with E-state index in [4.69, 9.17) is 5.11 Å². The van der Waals surface area contributed by atoms with Crippen molar-refractivity contribution in [2.75, 3.05) is 19.6 Å². The van der Waals surface area contributed by atoms with Crippen molar-refractivity contribution in [3.63, 3.8) is 0 Å². The van der Waals surface area contributed by atoms with E-state index < -0.39 is 5.97 Å². The summed E-state index contributed by atoms with van der Waals surface area (Å²) in [6.07, 6.45) is 4.09. The first kappa shape index (κ1) is 14.5. The van der Waals surface area contributed by atoms with Crippen molar-refractivity contribution >= 4 is 5.97 Å². The molecule has 0 aliphatic heterocycles. The summed E-state index contributed by atoms with van der Waals surface area (Å²) in [5.74, 6) is -0.743. The van der Waals surface area contributed by atoms with Gasteiger partial charge in [0.25, 0.3) is 0 Å². The van der Waals surface area contributed by atoms with Crippen LogP contribution in [0.15, 0.2) is 43.0 Å². The van der Waals surface area contributed by atoms with Crippen LogP contribution in [0.1, 0.15) is 18.4 Å². The van der Waals surface area contributed by atoms with Crippen LogP contribution in [0.25, 0.3) is 0 Å². The third-order valence-corrected chi connectivity index (χ3v) is 2.81. The zero-order valence-corrected chi connectivity index (χ0v) is 10.7. The summed E-state index contributed by atoms with van der Waals surface area (Å²) in [4.78, 5) is 12.7. The van der Waals surface area contributed by atoms with Gasteiger partial charge in [0.1, 0.15) is 0 Å². The largest absolute Gasteiger partial charge is 0.481 e. The molecule has 18 heavy (non-hydrogen) atoms. The predicted octanol–water partition coefficient (Wildman–Crippen LogP) is 2.58. The van der Waals surface area contributed by atoms with Crippen molar-refractivity contribution in [3.8, 4) is 0 Å². The maximum Gasteiger partial charge on any atom is 0.304 e. The Balaban J connectivity index is 2.28. The van der Waals surface area contributed by atoms with Crippen molar-refractivity contribution < 1.29 is 9.90 Å². The van der Waals surface area contributed by atoms with Crippen LogP contribution in [0.5, 0.6) is 0 Å². The molecule has 0 radical (unpaired) electrons. The van der Waals surface area contributed by atoms with Gasteiger partial charge in [0, 0.05) is 13.1 Å². The zero-order chi connectivity index (χ0) is 13.2. The molecule has 0 bridgehead atoms. The van der Waals surface area contributed by atoms with E-state index in [1.807, 2.05) is 24.3 Å². The molecule has 1 aromatic rings. The van der Waals surface area contributed by atoms with Crippen molar-refractivity contribution in [2.45, 2.75) is 19.3 Å². The summed E-state index contributed by atoms with van der Waals surface area (Å²) in [5.41, 5.74) is 1.33. The Kier molecular flexibility index (Phi) is 6.81. The Morgan fingerprint density at radius 2 is 2.00 bits per heavy atom. The molecule has 0 saturated heterocycles. The molecule has 0 heterocycles. The molecule has 0 fully saturated rings. The van der Waals surface area contributed by atoms with Crippen LogP contribution in [-0.2, 0) is 11.2 Å². The molecule has 98 valence electrons. The van der Waals surface area contributed by atoms with E-state index in [9.17, 15) is 4.79 Å². The van der Waals surface area contributed by atoms with Gasteiger partial charge < -0.3 is 5.11 Å². The molecule has 1 aromatic carbocycles. The van der Waals surface area contributed by atoms with Crippen LogP contribution in [0, 0.1) is 0 Å². The smallest absolute Gasteiger partial charge is 0.304 e. The van der Waals surface area contributed by atoms with Gasteiger partial charge in [0.2, 0.25) is 0 Å². The number of aliphatic carboxylic acids is 1. The second-order valence-corrected chi connectivity index (χ2v) is 4.32. The van der Waals surface area contributed by atoms with E-state index in [1.165, 1.54) is 5.56 Å². The van der Waals surface area contributed by atoms with Gasteiger partial charge in [-0.25, -0.2) is 0 Å². The van der Waals surface area contributed by atoms with Gasteiger partial charge in [-0.1, -0.05) is 36.4 Å². The molecule has 0 aliphatic rings. The Morgan fingerprint density at radius 1 is 1.28 bits per heavy atom. The van der Waals surface area contributed by atoms with E-state index >= 15 is 0 Å². The summed E-state index contributed by atoms with van der Waals surface area (Å²) >= 11 is 0. The number of carboxylic acid groups (broad SMARTS) is 1. The molecule has 3 nitrogen and oxygen atoms in total. The minimum Gasteiger partial charge on any atom is -0.481 e. The van der Waals surface area contributed by atoms with Gasteiger partial charge in [-0.15, -0.1) is 6.58 Å². The maximum atomic E-state index is 10.6. The average Bonchev–Trinajstić information content (AvgIpc) is 2.37. The van der Waals surface area contributed by atoms with Crippen molar-refractivity contribution in [3.05, 3.63) is 48.6 Å². The molecule has 0 spiro atoms. The second-order valence-electron chi connectivity index (χ2n) is 4.32. The highest BCUT2D eigenvalue weighted by molar-refractivity contribution is 5.66. The Morgan fingerprint density at radius 3 is 2.61 bits per heavy atom. The normalized spacial score (nSPS) is 10.5. The molecule has 0 atom stereocenters. The van der Waals surface area contributed by atoms with E-state index in [1.54, 1.807) is 0 Å². The first-order valence-corrected chi connectivity index (χ1v) is 6.31. The Bertz CT molecular complexity index is 362. The van der Waals surface area contributed by atoms with Gasteiger partial charge >= 0.3 is 5.97 Å². The number of benzene rings is 1. The Labute approximate surface area is 109 Å². The van der Waals surface area contributed by atoms with Crippen LogP contribution in [0.3, 0.4) is 0 Å². The van der Waals surface area contributed by atoms with E-state index in [-0.39, 0.29) is 6.42 Å². The highest BCUT2D eigenvalue weighted by Gasteiger charge is 2.05. The van der Waals surface area contributed by atoms with Crippen LogP contribution in [0.4, 0.5) is 0 Å². The van der Waals surface area contributed by atoms with Crippen LogP contribution >= 0.6 is 0 Å². The van der Waals surface area contributed by atoms with Gasteiger partial charge in [0.15, 0.2) is 0 Å². The summed E-state index contributed by atoms with van der Waals surface area (Å²) in [6, 6.07) is 10.3. The predicted molar refractivity (Wildman–Crippen MR) is 73.7 cm³/mol. The van der Waals surface area contributed by atoms with Gasteiger partial charge in [0.05, 0.1) is 6.42 Å². The fourth-order valence-corrected chi connectivity index (χ4v) is 1.88. The zero-order valence-electron chi connectivity index (χ0n) is 10.7. The lowest BCUT2D eigenvalue weighted by Gasteiger charge is -2.19. The Hall–Kier alpha value is -1.61. The number of carbonyl (C=O) groups is 1. The van der Waals surface area contributed by atoms with E-state index in [0.29, 0.717) is 6.54 Å². The third-order valence-electron chi connectivity index (χ3n) is 2.81. The van der Waals surface area contributed by atoms with Crippen LogP contribution in [-0.4, -0.2) is 35.6 Å². The molecule has 0 aliphatic carbocycles. The summed E-state index contributed by atoms with van der Waals surface area (Å²) in [5, 5.41) is 8.68. The van der Waals surface area contributed by atoms with E-state index in [0.717, 1.165) is 25.9 Å². The first-order valence-electron chi connectivity index (χ1n) is 6.31. The van der Waals surface area contributed by atoms with Crippen LogP contribution < -0.4 is 0 Å². The fraction of sp³-hybridized carbons (Fsp3) is 0.400. The summed E-state index contributed by atoms with van der Waals surface area (Å²) < 4.78 is 0. The molecule has 1 rings (SSSR count). The van der Waals surface area contributed by atoms with Crippen molar-refractivity contribution in [1.29, 1.82) is 0 Å². The van der Waals surface area contributed by atoms with Crippen LogP contribution in [0.2, 0.25) is 0 Å². The van der Waals surface area contributed by atoms with Gasteiger partial charge in [-0.2, -0.15) is 0 Å². The molecule has 0 saturated carbocycles. The number of nitrogens with zero attached hydrogens (tertiary/aromatic N) is 1. The lowest BCUT2D eigenvalue weighted by Crippen LogP contribution is -2.28. The first-order chi connectivity index (χ1) is 8.72.